The minimum Gasteiger partial charge on any atom is -0.384 e. The Morgan fingerprint density at radius 3 is 2.38 bits per heavy atom. The maximum atomic E-state index is 12.3. The summed E-state index contributed by atoms with van der Waals surface area (Å²) >= 11 is 0. The summed E-state index contributed by atoms with van der Waals surface area (Å²) in [5, 5.41) is 3.26. The van der Waals surface area contributed by atoms with Gasteiger partial charge in [-0.1, -0.05) is 17.7 Å². The quantitative estimate of drug-likeness (QED) is 0.717. The first kappa shape index (κ1) is 18.2. The highest BCUT2D eigenvalue weighted by Crippen LogP contribution is 2.16. The Kier molecular flexibility index (Phi) is 6.16. The summed E-state index contributed by atoms with van der Waals surface area (Å²) in [6, 6.07) is 10.2. The van der Waals surface area contributed by atoms with Crippen molar-refractivity contribution in [2.75, 3.05) is 37.2 Å². The second-order valence-corrected chi connectivity index (χ2v) is 7.62. The summed E-state index contributed by atoms with van der Waals surface area (Å²) < 4.78 is 27.1. The topological polar surface area (TPSA) is 74.3 Å². The van der Waals surface area contributed by atoms with Gasteiger partial charge in [0.25, 0.3) is 10.0 Å². The average Bonchev–Trinajstić information content (AvgIpc) is 2.53. The third kappa shape index (κ3) is 5.50. The maximum Gasteiger partial charge on any atom is 0.263 e. The molecule has 0 aliphatic rings. The van der Waals surface area contributed by atoms with Gasteiger partial charge in [-0.05, 0) is 58.3 Å². The van der Waals surface area contributed by atoms with Gasteiger partial charge in [-0.2, -0.15) is 0 Å². The second-order valence-electron chi connectivity index (χ2n) is 5.93. The molecule has 130 valence electrons. The molecule has 0 saturated carbocycles. The zero-order valence-corrected chi connectivity index (χ0v) is 15.1. The summed E-state index contributed by atoms with van der Waals surface area (Å²) in [5.74, 6) is 0.300. The van der Waals surface area contributed by atoms with Gasteiger partial charge in [-0.25, -0.2) is 13.4 Å². The predicted octanol–water partition coefficient (Wildman–Crippen LogP) is 2.55. The molecule has 2 rings (SSSR count). The lowest BCUT2D eigenvalue weighted by atomic mass is 10.2. The molecule has 6 nitrogen and oxygen atoms in total. The van der Waals surface area contributed by atoms with Crippen molar-refractivity contribution >= 4 is 21.5 Å². The van der Waals surface area contributed by atoms with Crippen molar-refractivity contribution in [3.05, 3.63) is 48.2 Å². The van der Waals surface area contributed by atoms with Crippen molar-refractivity contribution in [2.45, 2.75) is 18.2 Å². The van der Waals surface area contributed by atoms with Crippen LogP contribution in [-0.2, 0) is 10.0 Å². The van der Waals surface area contributed by atoms with Gasteiger partial charge in [0.05, 0.1) is 16.8 Å². The van der Waals surface area contributed by atoms with E-state index in [4.69, 9.17) is 0 Å². The lowest BCUT2D eigenvalue weighted by Gasteiger charge is -2.11. The number of nitrogens with zero attached hydrogens (tertiary/aromatic N) is 2. The Balaban J connectivity index is 1.94. The summed E-state index contributed by atoms with van der Waals surface area (Å²) in [5.41, 5.74) is 1.88. The first-order valence-corrected chi connectivity index (χ1v) is 9.29. The highest BCUT2D eigenvalue weighted by atomic mass is 32.2. The number of nitrogens with one attached hydrogen (secondary N) is 2. The van der Waals surface area contributed by atoms with Crippen LogP contribution in [0, 0.1) is 6.92 Å². The molecule has 0 fully saturated rings. The number of aromatic nitrogens is 1. The highest BCUT2D eigenvalue weighted by Gasteiger charge is 2.14. The van der Waals surface area contributed by atoms with Crippen LogP contribution in [0.15, 0.2) is 47.5 Å². The zero-order valence-electron chi connectivity index (χ0n) is 14.3. The molecule has 1 aromatic carbocycles. The van der Waals surface area contributed by atoms with E-state index >= 15 is 0 Å². The van der Waals surface area contributed by atoms with Gasteiger partial charge in [0.2, 0.25) is 0 Å². The Bertz CT molecular complexity index is 741. The molecule has 1 heterocycles. The number of anilines is 2. The van der Waals surface area contributed by atoms with Gasteiger partial charge >= 0.3 is 0 Å². The molecular formula is C17H24N4O2S. The summed E-state index contributed by atoms with van der Waals surface area (Å²) in [6.07, 6.45) is 2.65. The van der Waals surface area contributed by atoms with Crippen molar-refractivity contribution in [1.82, 2.24) is 9.88 Å². The molecule has 2 N–H and O–H groups in total. The number of pyridine rings is 1. The molecule has 0 bridgehead atoms. The van der Waals surface area contributed by atoms with Crippen LogP contribution in [-0.4, -0.2) is 45.5 Å². The van der Waals surface area contributed by atoms with E-state index < -0.39 is 10.0 Å². The van der Waals surface area contributed by atoms with Crippen LogP contribution in [0.2, 0.25) is 0 Å². The van der Waals surface area contributed by atoms with E-state index in [-0.39, 0.29) is 4.90 Å². The molecule has 7 heteroatoms. The van der Waals surface area contributed by atoms with E-state index in [2.05, 4.69) is 19.9 Å². The summed E-state index contributed by atoms with van der Waals surface area (Å²) in [7, 11) is 0.465. The molecule has 0 spiro atoms. The third-order valence-electron chi connectivity index (χ3n) is 3.44. The lowest BCUT2D eigenvalue weighted by molar-refractivity contribution is 0.405. The van der Waals surface area contributed by atoms with Gasteiger partial charge in [-0.15, -0.1) is 0 Å². The van der Waals surface area contributed by atoms with Gasteiger partial charge in [0.1, 0.15) is 5.82 Å². The Morgan fingerprint density at radius 2 is 1.79 bits per heavy atom. The SMILES string of the molecule is Cc1ccc(S(=O)(=O)Nc2ccc(NCCCN(C)C)cn2)cc1. The van der Waals surface area contributed by atoms with Crippen LogP contribution in [0.4, 0.5) is 11.5 Å². The van der Waals surface area contributed by atoms with E-state index in [0.717, 1.165) is 30.8 Å². The van der Waals surface area contributed by atoms with Crippen molar-refractivity contribution < 1.29 is 8.42 Å². The molecular weight excluding hydrogens is 324 g/mol. The van der Waals surface area contributed by atoms with Gasteiger partial charge < -0.3 is 10.2 Å². The number of hydrogen-bond acceptors (Lipinski definition) is 5. The number of aryl methyl sites for hydroxylation is 1. The minimum atomic E-state index is -3.61. The number of benzene rings is 1. The molecule has 0 atom stereocenters. The number of hydrogen-bond donors (Lipinski definition) is 2. The molecule has 0 aliphatic heterocycles. The molecule has 0 amide bonds. The maximum absolute atomic E-state index is 12.3. The van der Waals surface area contributed by atoms with E-state index in [1.807, 2.05) is 27.1 Å². The summed E-state index contributed by atoms with van der Waals surface area (Å²) in [4.78, 5) is 6.51. The smallest absolute Gasteiger partial charge is 0.263 e. The van der Waals surface area contributed by atoms with Crippen LogP contribution in [0.25, 0.3) is 0 Å². The van der Waals surface area contributed by atoms with E-state index in [1.54, 1.807) is 36.5 Å². The predicted molar refractivity (Wildman–Crippen MR) is 97.9 cm³/mol. The van der Waals surface area contributed by atoms with Crippen LogP contribution in [0.5, 0.6) is 0 Å². The third-order valence-corrected chi connectivity index (χ3v) is 4.82. The Morgan fingerprint density at radius 1 is 1.08 bits per heavy atom. The van der Waals surface area contributed by atoms with Gasteiger partial charge in [-0.3, -0.25) is 4.72 Å². The molecule has 0 unspecified atom stereocenters. The zero-order chi connectivity index (χ0) is 17.6. The van der Waals surface area contributed by atoms with Gasteiger partial charge in [0, 0.05) is 6.54 Å². The van der Waals surface area contributed by atoms with Crippen LogP contribution in [0.1, 0.15) is 12.0 Å². The molecule has 1 aromatic heterocycles. The van der Waals surface area contributed by atoms with Gasteiger partial charge in [0.15, 0.2) is 0 Å². The normalized spacial score (nSPS) is 11.5. The van der Waals surface area contributed by atoms with Crippen molar-refractivity contribution in [3.8, 4) is 0 Å². The molecule has 2 aromatic rings. The first-order valence-electron chi connectivity index (χ1n) is 7.81. The Hall–Kier alpha value is -2.12. The van der Waals surface area contributed by atoms with Crippen molar-refractivity contribution in [1.29, 1.82) is 0 Å². The summed E-state index contributed by atoms with van der Waals surface area (Å²) in [6.45, 7) is 3.76. The van der Waals surface area contributed by atoms with Crippen LogP contribution >= 0.6 is 0 Å². The molecule has 0 aliphatic carbocycles. The Labute approximate surface area is 144 Å². The second kappa shape index (κ2) is 8.12. The number of rotatable bonds is 8. The lowest BCUT2D eigenvalue weighted by Crippen LogP contribution is -2.16. The van der Waals surface area contributed by atoms with E-state index in [0.29, 0.717) is 5.82 Å². The van der Waals surface area contributed by atoms with E-state index in [1.165, 1.54) is 0 Å². The standard InChI is InChI=1S/C17H24N4O2S/c1-14-5-8-16(9-6-14)24(22,23)20-17-10-7-15(13-19-17)18-11-4-12-21(2)3/h5-10,13,18H,4,11-12H2,1-3H3,(H,19,20). The fourth-order valence-electron chi connectivity index (χ4n) is 2.10. The fourth-order valence-corrected chi connectivity index (χ4v) is 3.11. The van der Waals surface area contributed by atoms with Crippen molar-refractivity contribution in [2.24, 2.45) is 0 Å². The van der Waals surface area contributed by atoms with Crippen LogP contribution < -0.4 is 10.0 Å². The number of sulfonamides is 1. The molecule has 0 saturated heterocycles. The molecule has 24 heavy (non-hydrogen) atoms. The minimum absolute atomic E-state index is 0.223. The molecule has 0 radical (unpaired) electrons. The fraction of sp³-hybridized carbons (Fsp3) is 0.353. The largest absolute Gasteiger partial charge is 0.384 e. The van der Waals surface area contributed by atoms with Crippen molar-refractivity contribution in [3.63, 3.8) is 0 Å². The first-order chi connectivity index (χ1) is 11.4. The van der Waals surface area contributed by atoms with E-state index in [9.17, 15) is 8.42 Å². The average molecular weight is 348 g/mol. The van der Waals surface area contributed by atoms with Crippen LogP contribution in [0.3, 0.4) is 0 Å². The highest BCUT2D eigenvalue weighted by molar-refractivity contribution is 7.92. The monoisotopic (exact) mass is 348 g/mol.